The number of nitrogens with zero attached hydrogens (tertiary/aromatic N) is 2. The van der Waals surface area contributed by atoms with Crippen LogP contribution in [0.2, 0.25) is 0 Å². The predicted molar refractivity (Wildman–Crippen MR) is 117 cm³/mol. The summed E-state index contributed by atoms with van der Waals surface area (Å²) in [6.45, 7) is 5.64. The zero-order chi connectivity index (χ0) is 19.2. The fourth-order valence-corrected chi connectivity index (χ4v) is 5.32. The third-order valence-corrected chi connectivity index (χ3v) is 7.21. The molecule has 158 valence electrons. The highest BCUT2D eigenvalue weighted by atomic mass is 32.1. The normalized spacial score (nSPS) is 20.8. The molecule has 0 N–H and O–H groups in total. The van der Waals surface area contributed by atoms with Crippen molar-refractivity contribution in [3.8, 4) is 0 Å². The van der Waals surface area contributed by atoms with E-state index in [9.17, 15) is 9.59 Å². The molecule has 1 unspecified atom stereocenters. The van der Waals surface area contributed by atoms with Crippen molar-refractivity contribution < 1.29 is 9.59 Å². The minimum absolute atomic E-state index is 0. The summed E-state index contributed by atoms with van der Waals surface area (Å²) in [5, 5.41) is 3.25. The van der Waals surface area contributed by atoms with Gasteiger partial charge in [0.2, 0.25) is 5.91 Å². The van der Waals surface area contributed by atoms with Gasteiger partial charge in [0.05, 0.1) is 10.7 Å². The number of hydrogen-bond acceptors (Lipinski definition) is 4. The Hall–Kier alpha value is -1.23. The molecule has 1 aliphatic heterocycles. The fourth-order valence-electron chi connectivity index (χ4n) is 4.34. The number of likely N-dealkylation sites (tertiary alicyclic amines) is 1. The van der Waals surface area contributed by atoms with Gasteiger partial charge in [-0.1, -0.05) is 40.5 Å². The van der Waals surface area contributed by atoms with Crippen LogP contribution in [0.3, 0.4) is 0 Å². The van der Waals surface area contributed by atoms with Gasteiger partial charge in [-0.2, -0.15) is 0 Å². The maximum Gasteiger partial charge on any atom is 0.222 e. The van der Waals surface area contributed by atoms with Crippen LogP contribution >= 0.6 is 11.3 Å². The molecule has 5 heteroatoms. The van der Waals surface area contributed by atoms with Gasteiger partial charge < -0.3 is 4.90 Å². The lowest BCUT2D eigenvalue weighted by Gasteiger charge is -2.33. The Bertz CT molecular complexity index is 634. The highest BCUT2D eigenvalue weighted by molar-refractivity contribution is 7.09. The van der Waals surface area contributed by atoms with E-state index < -0.39 is 0 Å². The van der Waals surface area contributed by atoms with Crippen LogP contribution in [0, 0.1) is 11.8 Å². The molecule has 3 rings (SSSR count). The van der Waals surface area contributed by atoms with Crippen molar-refractivity contribution in [3.05, 3.63) is 16.1 Å². The first kappa shape index (κ1) is 23.1. The fraction of sp³-hybridized carbons (Fsp3) is 0.783. The second kappa shape index (κ2) is 11.1. The number of aryl methyl sites for hydroxylation is 1. The van der Waals surface area contributed by atoms with Crippen LogP contribution in [0.5, 0.6) is 0 Å². The SMILES string of the molecule is C.CC(C)C(=O)CCc1csc(C2CCCN(C(=O)CC3CCCCC3)C2)n1. The lowest BCUT2D eigenvalue weighted by atomic mass is 9.86. The second-order valence-electron chi connectivity index (χ2n) is 8.69. The van der Waals surface area contributed by atoms with Crippen LogP contribution < -0.4 is 0 Å². The summed E-state index contributed by atoms with van der Waals surface area (Å²) in [6.07, 6.45) is 10.6. The average Bonchev–Trinajstić information content (AvgIpc) is 3.16. The van der Waals surface area contributed by atoms with Gasteiger partial charge in [-0.3, -0.25) is 9.59 Å². The van der Waals surface area contributed by atoms with Crippen molar-refractivity contribution in [1.29, 1.82) is 0 Å². The first-order valence-corrected chi connectivity index (χ1v) is 11.7. The van der Waals surface area contributed by atoms with Crippen LogP contribution in [-0.2, 0) is 16.0 Å². The molecule has 2 fully saturated rings. The quantitative estimate of drug-likeness (QED) is 0.591. The summed E-state index contributed by atoms with van der Waals surface area (Å²) >= 11 is 1.71. The number of carbonyl (C=O) groups is 2. The van der Waals surface area contributed by atoms with Gasteiger partial charge in [0.1, 0.15) is 5.78 Å². The van der Waals surface area contributed by atoms with Crippen molar-refractivity contribution in [2.45, 2.75) is 91.4 Å². The Morgan fingerprint density at radius 1 is 1.18 bits per heavy atom. The Morgan fingerprint density at radius 2 is 1.93 bits per heavy atom. The number of thiazole rings is 1. The number of hydrogen-bond donors (Lipinski definition) is 0. The van der Waals surface area contributed by atoms with Crippen molar-refractivity contribution in [3.63, 3.8) is 0 Å². The monoisotopic (exact) mass is 406 g/mol. The topological polar surface area (TPSA) is 50.3 Å². The predicted octanol–water partition coefficient (Wildman–Crippen LogP) is 5.61. The summed E-state index contributed by atoms with van der Waals surface area (Å²) in [5.41, 5.74) is 1.04. The van der Waals surface area contributed by atoms with Gasteiger partial charge in [-0.05, 0) is 38.0 Å². The van der Waals surface area contributed by atoms with E-state index in [-0.39, 0.29) is 13.3 Å². The lowest BCUT2D eigenvalue weighted by Crippen LogP contribution is -2.40. The molecule has 2 aliphatic rings. The van der Waals surface area contributed by atoms with Crippen LogP contribution in [-0.4, -0.2) is 34.7 Å². The average molecular weight is 407 g/mol. The lowest BCUT2D eigenvalue weighted by molar-refractivity contribution is -0.133. The number of aromatic nitrogens is 1. The van der Waals surface area contributed by atoms with E-state index in [1.165, 1.54) is 32.1 Å². The molecule has 0 aromatic carbocycles. The molecular formula is C23H38N2O2S. The molecular weight excluding hydrogens is 368 g/mol. The first-order chi connectivity index (χ1) is 13.0. The van der Waals surface area contributed by atoms with E-state index in [0.29, 0.717) is 29.9 Å². The molecule has 0 spiro atoms. The third kappa shape index (κ3) is 6.40. The summed E-state index contributed by atoms with van der Waals surface area (Å²) in [6, 6.07) is 0. The zero-order valence-corrected chi connectivity index (χ0v) is 17.7. The Balaban J connectivity index is 0.00000280. The number of carbonyl (C=O) groups excluding carboxylic acids is 2. The number of piperidine rings is 1. The summed E-state index contributed by atoms with van der Waals surface area (Å²) in [7, 11) is 0. The molecule has 0 radical (unpaired) electrons. The molecule has 1 aromatic rings. The Labute approximate surface area is 175 Å². The number of ketones is 1. The summed E-state index contributed by atoms with van der Waals surface area (Å²) in [4.78, 5) is 31.5. The van der Waals surface area contributed by atoms with E-state index in [0.717, 1.165) is 49.5 Å². The van der Waals surface area contributed by atoms with Crippen LogP contribution in [0.25, 0.3) is 0 Å². The second-order valence-corrected chi connectivity index (χ2v) is 9.57. The van der Waals surface area contributed by atoms with Crippen molar-refractivity contribution in [1.82, 2.24) is 9.88 Å². The highest BCUT2D eigenvalue weighted by Crippen LogP contribution is 2.32. The first-order valence-electron chi connectivity index (χ1n) is 10.8. The van der Waals surface area contributed by atoms with Gasteiger partial charge in [0.25, 0.3) is 0 Å². The largest absolute Gasteiger partial charge is 0.342 e. The molecule has 1 saturated carbocycles. The minimum atomic E-state index is 0. The van der Waals surface area contributed by atoms with E-state index in [4.69, 9.17) is 4.98 Å². The zero-order valence-electron chi connectivity index (χ0n) is 16.9. The molecule has 28 heavy (non-hydrogen) atoms. The van der Waals surface area contributed by atoms with E-state index in [1.807, 2.05) is 13.8 Å². The van der Waals surface area contributed by atoms with E-state index in [1.54, 1.807) is 11.3 Å². The minimum Gasteiger partial charge on any atom is -0.342 e. The van der Waals surface area contributed by atoms with Crippen LogP contribution in [0.4, 0.5) is 0 Å². The van der Waals surface area contributed by atoms with Gasteiger partial charge >= 0.3 is 0 Å². The molecule has 4 nitrogen and oxygen atoms in total. The van der Waals surface area contributed by atoms with E-state index >= 15 is 0 Å². The third-order valence-electron chi connectivity index (χ3n) is 6.15. The maximum atomic E-state index is 12.8. The molecule has 1 aromatic heterocycles. The number of Topliss-reactive ketones (excluding diaryl/α,β-unsaturated/α-hetero) is 1. The van der Waals surface area contributed by atoms with Gasteiger partial charge in [0, 0.05) is 43.1 Å². The van der Waals surface area contributed by atoms with Crippen LogP contribution in [0.15, 0.2) is 5.38 Å². The molecule has 1 saturated heterocycles. The van der Waals surface area contributed by atoms with Gasteiger partial charge in [0.15, 0.2) is 0 Å². The number of amides is 1. The summed E-state index contributed by atoms with van der Waals surface area (Å²) in [5.74, 6) is 1.74. The van der Waals surface area contributed by atoms with Gasteiger partial charge in [-0.15, -0.1) is 11.3 Å². The van der Waals surface area contributed by atoms with Gasteiger partial charge in [-0.25, -0.2) is 4.98 Å². The number of rotatable bonds is 7. The maximum absolute atomic E-state index is 12.8. The van der Waals surface area contributed by atoms with Crippen molar-refractivity contribution >= 4 is 23.0 Å². The van der Waals surface area contributed by atoms with Crippen molar-refractivity contribution in [2.75, 3.05) is 13.1 Å². The summed E-state index contributed by atoms with van der Waals surface area (Å²) < 4.78 is 0. The highest BCUT2D eigenvalue weighted by Gasteiger charge is 2.28. The van der Waals surface area contributed by atoms with E-state index in [2.05, 4.69) is 10.3 Å². The Morgan fingerprint density at radius 3 is 2.64 bits per heavy atom. The van der Waals surface area contributed by atoms with Crippen LogP contribution in [0.1, 0.15) is 95.7 Å². The molecule has 1 aliphatic carbocycles. The molecule has 1 amide bonds. The molecule has 1 atom stereocenters. The molecule has 2 heterocycles. The smallest absolute Gasteiger partial charge is 0.222 e. The standard InChI is InChI=1S/C22H34N2O2S.CH4/c1-16(2)20(25)11-10-19-15-27-22(23-19)18-9-6-12-24(14-18)21(26)13-17-7-4-3-5-8-17;/h15-18H,3-14H2,1-2H3;1H4. The Kier molecular flexibility index (Phi) is 9.13. The molecule has 0 bridgehead atoms. The van der Waals surface area contributed by atoms with Crippen molar-refractivity contribution in [2.24, 2.45) is 11.8 Å².